The summed E-state index contributed by atoms with van der Waals surface area (Å²) in [6, 6.07) is 5.03. The van der Waals surface area contributed by atoms with E-state index in [2.05, 4.69) is 30.9 Å². The molecule has 0 aliphatic carbocycles. The van der Waals surface area contributed by atoms with E-state index in [0.29, 0.717) is 17.9 Å². The first-order valence-electron chi connectivity index (χ1n) is 8.77. The maximum Gasteiger partial charge on any atom is 0.161 e. The first kappa shape index (κ1) is 16.6. The van der Waals surface area contributed by atoms with Crippen LogP contribution in [-0.4, -0.2) is 38.3 Å². The van der Waals surface area contributed by atoms with Gasteiger partial charge in [-0.3, -0.25) is 4.90 Å². The van der Waals surface area contributed by atoms with Crippen molar-refractivity contribution in [1.82, 2.24) is 4.90 Å². The molecule has 1 unspecified atom stereocenters. The molecule has 3 rings (SSSR count). The van der Waals surface area contributed by atoms with E-state index in [-0.39, 0.29) is 6.04 Å². The third-order valence-corrected chi connectivity index (χ3v) is 5.46. The highest BCUT2D eigenvalue weighted by molar-refractivity contribution is 5.49. The third-order valence-electron chi connectivity index (χ3n) is 5.46. The number of nitrogens with zero attached hydrogens (tertiary/aromatic N) is 1. The van der Waals surface area contributed by atoms with Crippen molar-refractivity contribution < 1.29 is 9.47 Å². The Labute approximate surface area is 139 Å². The lowest BCUT2D eigenvalue weighted by Gasteiger charge is -2.46. The number of hydrogen-bond acceptors (Lipinski definition) is 4. The molecule has 1 aromatic carbocycles. The molecule has 1 saturated heterocycles. The van der Waals surface area contributed by atoms with E-state index in [1.807, 2.05) is 0 Å². The Hall–Kier alpha value is -1.26. The quantitative estimate of drug-likeness (QED) is 0.927. The van der Waals surface area contributed by atoms with Crippen LogP contribution in [-0.2, 0) is 6.42 Å². The van der Waals surface area contributed by atoms with Gasteiger partial charge in [0.15, 0.2) is 11.5 Å². The van der Waals surface area contributed by atoms with E-state index in [0.717, 1.165) is 37.4 Å². The van der Waals surface area contributed by atoms with Crippen molar-refractivity contribution in [2.75, 3.05) is 27.3 Å². The molecule has 2 heterocycles. The summed E-state index contributed by atoms with van der Waals surface area (Å²) < 4.78 is 11.0. The molecule has 0 saturated carbocycles. The van der Waals surface area contributed by atoms with Crippen molar-refractivity contribution in [3.63, 3.8) is 0 Å². The van der Waals surface area contributed by atoms with Gasteiger partial charge in [-0.05, 0) is 54.4 Å². The zero-order valence-electron chi connectivity index (χ0n) is 14.8. The second kappa shape index (κ2) is 6.70. The normalized spacial score (nSPS) is 27.5. The monoisotopic (exact) mass is 318 g/mol. The smallest absolute Gasteiger partial charge is 0.161 e. The van der Waals surface area contributed by atoms with Gasteiger partial charge in [0.05, 0.1) is 14.2 Å². The van der Waals surface area contributed by atoms with Crippen LogP contribution in [0.1, 0.15) is 43.9 Å². The predicted octanol–water partition coefficient (Wildman–Crippen LogP) is 3.00. The van der Waals surface area contributed by atoms with Crippen molar-refractivity contribution in [2.24, 2.45) is 17.6 Å². The topological polar surface area (TPSA) is 47.7 Å². The molecule has 3 atom stereocenters. The van der Waals surface area contributed by atoms with Crippen LogP contribution in [0.25, 0.3) is 0 Å². The van der Waals surface area contributed by atoms with Gasteiger partial charge in [0.1, 0.15) is 0 Å². The molecular weight excluding hydrogens is 288 g/mol. The summed E-state index contributed by atoms with van der Waals surface area (Å²) in [5.41, 5.74) is 9.30. The molecule has 0 radical (unpaired) electrons. The second-order valence-corrected chi connectivity index (χ2v) is 7.46. The number of nitrogens with two attached hydrogens (primary N) is 1. The first-order chi connectivity index (χ1) is 11.0. The van der Waals surface area contributed by atoms with Crippen molar-refractivity contribution in [1.29, 1.82) is 0 Å². The highest BCUT2D eigenvalue weighted by Crippen LogP contribution is 2.43. The van der Waals surface area contributed by atoms with Gasteiger partial charge in [0.2, 0.25) is 0 Å². The maximum atomic E-state index is 6.54. The Morgan fingerprint density at radius 1 is 1.22 bits per heavy atom. The van der Waals surface area contributed by atoms with Gasteiger partial charge in [0, 0.05) is 25.2 Å². The standard InChI is InChI=1S/C19H30N2O2/c1-12(2)7-14-11-21-6-5-13-8-18(22-3)19(23-4)9-15(13)17(21)10-16(14)20/h8-9,12,14,16-17H,5-7,10-11,20H2,1-4H3/t14-,16-,17?/m0/s1. The zero-order chi connectivity index (χ0) is 16.6. The number of fused-ring (bicyclic) bond motifs is 3. The van der Waals surface area contributed by atoms with Gasteiger partial charge in [-0.25, -0.2) is 0 Å². The van der Waals surface area contributed by atoms with Crippen molar-refractivity contribution >= 4 is 0 Å². The van der Waals surface area contributed by atoms with Crippen molar-refractivity contribution in [3.05, 3.63) is 23.3 Å². The van der Waals surface area contributed by atoms with Crippen LogP contribution in [0.4, 0.5) is 0 Å². The van der Waals surface area contributed by atoms with Crippen LogP contribution >= 0.6 is 0 Å². The van der Waals surface area contributed by atoms with Crippen molar-refractivity contribution in [2.45, 2.75) is 45.2 Å². The Morgan fingerprint density at radius 2 is 1.91 bits per heavy atom. The Kier molecular flexibility index (Phi) is 4.83. The summed E-state index contributed by atoms with van der Waals surface area (Å²) in [7, 11) is 3.41. The molecule has 0 aromatic heterocycles. The third kappa shape index (κ3) is 3.20. The number of methoxy groups -OCH3 is 2. The highest BCUT2D eigenvalue weighted by Gasteiger charge is 2.38. The average molecular weight is 318 g/mol. The van der Waals surface area contributed by atoms with E-state index < -0.39 is 0 Å². The van der Waals surface area contributed by atoms with Crippen LogP contribution < -0.4 is 15.2 Å². The van der Waals surface area contributed by atoms with Gasteiger partial charge >= 0.3 is 0 Å². The van der Waals surface area contributed by atoms with Gasteiger partial charge < -0.3 is 15.2 Å². The molecule has 2 aliphatic heterocycles. The molecule has 2 N–H and O–H groups in total. The van der Waals surface area contributed by atoms with Gasteiger partial charge in [-0.15, -0.1) is 0 Å². The van der Waals surface area contributed by atoms with E-state index in [4.69, 9.17) is 15.2 Å². The lowest BCUT2D eigenvalue weighted by atomic mass is 9.78. The molecule has 0 bridgehead atoms. The van der Waals surface area contributed by atoms with E-state index in [9.17, 15) is 0 Å². The minimum absolute atomic E-state index is 0.290. The summed E-state index contributed by atoms with van der Waals surface area (Å²) >= 11 is 0. The Bertz CT molecular complexity index is 559. The molecule has 1 aromatic rings. The lowest BCUT2D eigenvalue weighted by molar-refractivity contribution is 0.0739. The fraction of sp³-hybridized carbons (Fsp3) is 0.684. The van der Waals surface area contributed by atoms with Gasteiger partial charge in [-0.1, -0.05) is 13.8 Å². The molecule has 128 valence electrons. The summed E-state index contributed by atoms with van der Waals surface area (Å²) in [6.45, 7) is 6.83. The molecule has 0 spiro atoms. The van der Waals surface area contributed by atoms with E-state index in [1.54, 1.807) is 14.2 Å². The van der Waals surface area contributed by atoms with Crippen molar-refractivity contribution in [3.8, 4) is 11.5 Å². The number of piperidine rings is 1. The molecule has 1 fully saturated rings. The zero-order valence-corrected chi connectivity index (χ0v) is 14.8. The number of ether oxygens (including phenoxy) is 2. The second-order valence-electron chi connectivity index (χ2n) is 7.46. The largest absolute Gasteiger partial charge is 0.493 e. The lowest BCUT2D eigenvalue weighted by Crippen LogP contribution is -2.51. The summed E-state index contributed by atoms with van der Waals surface area (Å²) in [6.07, 6.45) is 3.35. The fourth-order valence-corrected chi connectivity index (χ4v) is 4.32. The Morgan fingerprint density at radius 3 is 2.57 bits per heavy atom. The summed E-state index contributed by atoms with van der Waals surface area (Å²) in [5.74, 6) is 2.99. The Balaban J connectivity index is 1.87. The van der Waals surface area contributed by atoms with Crippen LogP contribution in [0, 0.1) is 11.8 Å². The van der Waals surface area contributed by atoms with Crippen LogP contribution in [0.2, 0.25) is 0 Å². The SMILES string of the molecule is COc1cc2c(cc1OC)C1C[C@H](N)[C@@H](CC(C)C)CN1CC2. The summed E-state index contributed by atoms with van der Waals surface area (Å²) in [5, 5.41) is 0. The van der Waals surface area contributed by atoms with Gasteiger partial charge in [0.25, 0.3) is 0 Å². The first-order valence-corrected chi connectivity index (χ1v) is 8.77. The van der Waals surface area contributed by atoms with Gasteiger partial charge in [-0.2, -0.15) is 0 Å². The fourth-order valence-electron chi connectivity index (χ4n) is 4.32. The van der Waals surface area contributed by atoms with E-state index >= 15 is 0 Å². The minimum Gasteiger partial charge on any atom is -0.493 e. The summed E-state index contributed by atoms with van der Waals surface area (Å²) in [4.78, 5) is 2.63. The minimum atomic E-state index is 0.290. The van der Waals surface area contributed by atoms with Crippen LogP contribution in [0.15, 0.2) is 12.1 Å². The van der Waals surface area contributed by atoms with Crippen LogP contribution in [0.5, 0.6) is 11.5 Å². The molecule has 23 heavy (non-hydrogen) atoms. The highest BCUT2D eigenvalue weighted by atomic mass is 16.5. The maximum absolute atomic E-state index is 6.54. The van der Waals surface area contributed by atoms with E-state index in [1.165, 1.54) is 17.5 Å². The van der Waals surface area contributed by atoms with Crippen LogP contribution in [0.3, 0.4) is 0 Å². The average Bonchev–Trinajstić information content (AvgIpc) is 2.53. The molecule has 4 nitrogen and oxygen atoms in total. The molecule has 4 heteroatoms. The molecular formula is C19H30N2O2. The molecule has 0 amide bonds. The number of hydrogen-bond donors (Lipinski definition) is 1. The number of rotatable bonds is 4. The molecule has 2 aliphatic rings. The predicted molar refractivity (Wildman–Crippen MR) is 93.1 cm³/mol. The number of benzene rings is 1.